The quantitative estimate of drug-likeness (QED) is 0.271. The maximum atomic E-state index is 13.0. The van der Waals surface area contributed by atoms with Gasteiger partial charge >= 0.3 is 0 Å². The first-order chi connectivity index (χ1) is 17.7. The van der Waals surface area contributed by atoms with Crippen LogP contribution in [0.1, 0.15) is 55.5 Å². The highest BCUT2D eigenvalue weighted by Gasteiger charge is 2.33. The van der Waals surface area contributed by atoms with Crippen molar-refractivity contribution in [1.82, 2.24) is 9.62 Å². The van der Waals surface area contributed by atoms with Crippen LogP contribution in [-0.2, 0) is 14.8 Å². The molecular weight excluding hydrogens is 527 g/mol. The van der Waals surface area contributed by atoms with E-state index in [4.69, 9.17) is 12.2 Å². The van der Waals surface area contributed by atoms with Crippen LogP contribution in [-0.4, -0.2) is 54.8 Å². The number of anilines is 1. The van der Waals surface area contributed by atoms with E-state index in [2.05, 4.69) is 30.9 Å². The molecule has 1 aliphatic rings. The normalized spacial score (nSPS) is 14.9. The third-order valence-corrected chi connectivity index (χ3v) is 8.45. The van der Waals surface area contributed by atoms with Crippen LogP contribution < -0.4 is 9.62 Å². The molecule has 1 heterocycles. The molecule has 2 aromatic rings. The van der Waals surface area contributed by atoms with E-state index in [-0.39, 0.29) is 18.0 Å². The monoisotopic (exact) mass is 559 g/mol. The fourth-order valence-corrected chi connectivity index (χ4v) is 5.98. The third-order valence-electron chi connectivity index (χ3n) is 5.86. The van der Waals surface area contributed by atoms with E-state index in [1.165, 1.54) is 17.0 Å². The van der Waals surface area contributed by atoms with Gasteiger partial charge in [-0.15, -0.1) is 0 Å². The van der Waals surface area contributed by atoms with Gasteiger partial charge in [0.2, 0.25) is 10.0 Å². The molecule has 198 valence electrons. The van der Waals surface area contributed by atoms with Crippen molar-refractivity contribution in [3.63, 3.8) is 0 Å². The number of nitrogens with one attached hydrogen (secondary N) is 1. The Bertz CT molecular complexity index is 1220. The lowest BCUT2D eigenvalue weighted by molar-refractivity contribution is -0.121. The van der Waals surface area contributed by atoms with Crippen molar-refractivity contribution in [2.24, 2.45) is 0 Å². The molecule has 10 heteroatoms. The first kappa shape index (κ1) is 28.9. The highest BCUT2D eigenvalue weighted by atomic mass is 32.2. The standard InChI is InChI=1S/C27H33N3O4S3/c1-3-5-16-29(17-6-4-2)23-14-12-21(13-15-23)20-24-26(32)30(27(35)36-24)18-19-37(33,34)28-25(31)22-10-8-7-9-11-22/h7-15,20H,3-6,16-19H2,1-2H3,(H,28,31)/b24-20-. The van der Waals surface area contributed by atoms with E-state index in [1.54, 1.807) is 24.3 Å². The largest absolute Gasteiger partial charge is 0.372 e. The van der Waals surface area contributed by atoms with Gasteiger partial charge in [-0.05, 0) is 48.7 Å². The second-order valence-electron chi connectivity index (χ2n) is 8.74. The minimum absolute atomic E-state index is 0.137. The zero-order valence-corrected chi connectivity index (χ0v) is 23.6. The molecule has 0 atom stereocenters. The van der Waals surface area contributed by atoms with Crippen molar-refractivity contribution in [3.8, 4) is 0 Å². The van der Waals surface area contributed by atoms with Gasteiger partial charge in [-0.3, -0.25) is 14.5 Å². The Morgan fingerprint density at radius 3 is 2.24 bits per heavy atom. The summed E-state index contributed by atoms with van der Waals surface area (Å²) in [7, 11) is -3.95. The van der Waals surface area contributed by atoms with Gasteiger partial charge in [0.25, 0.3) is 11.8 Å². The summed E-state index contributed by atoms with van der Waals surface area (Å²) in [5.74, 6) is -1.49. The molecule has 37 heavy (non-hydrogen) atoms. The minimum atomic E-state index is -3.95. The zero-order chi connectivity index (χ0) is 26.8. The molecular formula is C27H33N3O4S3. The summed E-state index contributed by atoms with van der Waals surface area (Å²) in [5, 5.41) is 0. The van der Waals surface area contributed by atoms with Crippen LogP contribution in [0, 0.1) is 0 Å². The molecule has 0 bridgehead atoms. The Balaban J connectivity index is 1.62. The molecule has 1 saturated heterocycles. The summed E-state index contributed by atoms with van der Waals surface area (Å²) in [4.78, 5) is 29.3. The highest BCUT2D eigenvalue weighted by Crippen LogP contribution is 2.32. The lowest BCUT2D eigenvalue weighted by Gasteiger charge is -2.24. The van der Waals surface area contributed by atoms with Crippen LogP contribution in [0.25, 0.3) is 6.08 Å². The van der Waals surface area contributed by atoms with Gasteiger partial charge in [0.15, 0.2) is 0 Å². The summed E-state index contributed by atoms with van der Waals surface area (Å²) in [6.45, 7) is 6.27. The van der Waals surface area contributed by atoms with Gasteiger partial charge in [0.05, 0.1) is 10.7 Å². The van der Waals surface area contributed by atoms with Gasteiger partial charge in [-0.2, -0.15) is 0 Å². The van der Waals surface area contributed by atoms with Crippen molar-refractivity contribution >= 4 is 61.9 Å². The average Bonchev–Trinajstić information content (AvgIpc) is 3.15. The fourth-order valence-electron chi connectivity index (χ4n) is 3.75. The molecule has 0 unspecified atom stereocenters. The van der Waals surface area contributed by atoms with Gasteiger partial charge in [0.1, 0.15) is 4.32 Å². The topological polar surface area (TPSA) is 86.8 Å². The molecule has 1 N–H and O–H groups in total. The Hall–Kier alpha value is -2.69. The van der Waals surface area contributed by atoms with Crippen LogP contribution in [0.2, 0.25) is 0 Å². The molecule has 0 aromatic heterocycles. The molecule has 0 saturated carbocycles. The predicted molar refractivity (Wildman–Crippen MR) is 156 cm³/mol. The van der Waals surface area contributed by atoms with Crippen molar-refractivity contribution < 1.29 is 18.0 Å². The summed E-state index contributed by atoms with van der Waals surface area (Å²) in [6, 6.07) is 16.2. The second kappa shape index (κ2) is 13.7. The Morgan fingerprint density at radius 1 is 1.03 bits per heavy atom. The SMILES string of the molecule is CCCCN(CCCC)c1ccc(/C=C2\SC(=S)N(CCS(=O)(=O)NC(=O)c3ccccc3)C2=O)cc1. The number of benzene rings is 2. The first-order valence-corrected chi connectivity index (χ1v) is 15.3. The molecule has 0 radical (unpaired) electrons. The number of unbranched alkanes of at least 4 members (excludes halogenated alkanes) is 2. The fraction of sp³-hybridized carbons (Fsp3) is 0.370. The van der Waals surface area contributed by atoms with Crippen molar-refractivity contribution in [3.05, 3.63) is 70.6 Å². The highest BCUT2D eigenvalue weighted by molar-refractivity contribution is 8.26. The second-order valence-corrected chi connectivity index (χ2v) is 12.3. The molecule has 1 aliphatic heterocycles. The van der Waals surface area contributed by atoms with E-state index in [0.717, 1.165) is 61.8 Å². The maximum absolute atomic E-state index is 13.0. The van der Waals surface area contributed by atoms with E-state index in [0.29, 0.717) is 9.23 Å². The zero-order valence-electron chi connectivity index (χ0n) is 21.2. The van der Waals surface area contributed by atoms with E-state index >= 15 is 0 Å². The average molecular weight is 560 g/mol. The Kier molecular flexibility index (Phi) is 10.7. The number of carbonyl (C=O) groups excluding carboxylic acids is 2. The van der Waals surface area contributed by atoms with Crippen LogP contribution in [0.5, 0.6) is 0 Å². The molecule has 1 fully saturated rings. The van der Waals surface area contributed by atoms with E-state index < -0.39 is 21.7 Å². The van der Waals surface area contributed by atoms with Crippen molar-refractivity contribution in [1.29, 1.82) is 0 Å². The number of rotatable bonds is 13. The molecule has 0 aliphatic carbocycles. The van der Waals surface area contributed by atoms with Crippen LogP contribution in [0.15, 0.2) is 59.5 Å². The Labute approximate surface area is 229 Å². The van der Waals surface area contributed by atoms with Gasteiger partial charge in [-0.25, -0.2) is 13.1 Å². The lowest BCUT2D eigenvalue weighted by Crippen LogP contribution is -2.39. The number of sulfonamides is 1. The number of thiocarbonyl (C=S) groups is 1. The summed E-state index contributed by atoms with van der Waals surface area (Å²) >= 11 is 6.48. The van der Waals surface area contributed by atoms with Crippen molar-refractivity contribution in [2.75, 3.05) is 30.3 Å². The summed E-state index contributed by atoms with van der Waals surface area (Å²) in [6.07, 6.45) is 6.34. The van der Waals surface area contributed by atoms with Gasteiger partial charge < -0.3 is 4.90 Å². The Morgan fingerprint density at radius 2 is 1.65 bits per heavy atom. The number of amides is 2. The van der Waals surface area contributed by atoms with Crippen molar-refractivity contribution in [2.45, 2.75) is 39.5 Å². The summed E-state index contributed by atoms with van der Waals surface area (Å²) in [5.41, 5.74) is 2.27. The van der Waals surface area contributed by atoms with E-state index in [9.17, 15) is 18.0 Å². The molecule has 2 aromatic carbocycles. The van der Waals surface area contributed by atoms with E-state index in [1.807, 2.05) is 16.9 Å². The lowest BCUT2D eigenvalue weighted by atomic mass is 10.1. The molecule has 0 spiro atoms. The van der Waals surface area contributed by atoms with Crippen LogP contribution >= 0.6 is 24.0 Å². The number of hydrogen-bond donors (Lipinski definition) is 1. The molecule has 3 rings (SSSR count). The van der Waals surface area contributed by atoms with Crippen LogP contribution in [0.4, 0.5) is 5.69 Å². The van der Waals surface area contributed by atoms with Gasteiger partial charge in [-0.1, -0.05) is 81.0 Å². The third kappa shape index (κ3) is 8.41. The first-order valence-electron chi connectivity index (χ1n) is 12.4. The maximum Gasteiger partial charge on any atom is 0.266 e. The predicted octanol–water partition coefficient (Wildman–Crippen LogP) is 5.05. The number of nitrogens with zero attached hydrogens (tertiary/aromatic N) is 2. The summed E-state index contributed by atoms with van der Waals surface area (Å²) < 4.78 is 27.2. The molecule has 7 nitrogen and oxygen atoms in total. The number of thioether (sulfide) groups is 1. The molecule has 2 amide bonds. The van der Waals surface area contributed by atoms with Crippen LogP contribution in [0.3, 0.4) is 0 Å². The smallest absolute Gasteiger partial charge is 0.266 e. The van der Waals surface area contributed by atoms with Gasteiger partial charge in [0, 0.05) is 30.9 Å². The number of carbonyl (C=O) groups is 2. The number of hydrogen-bond acceptors (Lipinski definition) is 7. The minimum Gasteiger partial charge on any atom is -0.372 e.